The molecule has 2 heterocycles. The highest BCUT2D eigenvalue weighted by atomic mass is 35.5. The molecule has 0 amide bonds. The first-order valence-electron chi connectivity index (χ1n) is 8.80. The predicted molar refractivity (Wildman–Crippen MR) is 108 cm³/mol. The van der Waals surface area contributed by atoms with Crippen LogP contribution in [-0.2, 0) is 16.4 Å². The zero-order valence-corrected chi connectivity index (χ0v) is 17.0. The number of fused-ring (bicyclic) bond motifs is 1. The lowest BCUT2D eigenvalue weighted by atomic mass is 10.0. The Bertz CT molecular complexity index is 1120. The molecule has 140 valence electrons. The van der Waals surface area contributed by atoms with E-state index in [1.54, 1.807) is 42.6 Å². The minimum Gasteiger partial charge on any atom is -0.239 e. The number of hydrogen-bond acceptors (Lipinski definition) is 3. The van der Waals surface area contributed by atoms with Gasteiger partial charge in [0.1, 0.15) is 5.15 Å². The van der Waals surface area contributed by atoms with Crippen LogP contribution < -0.4 is 0 Å². The lowest BCUT2D eigenvalue weighted by Crippen LogP contribution is -2.14. The third kappa shape index (κ3) is 3.18. The molecule has 1 aromatic carbocycles. The number of rotatable bonds is 4. The van der Waals surface area contributed by atoms with Gasteiger partial charge in [0.25, 0.3) is 10.0 Å². The van der Waals surface area contributed by atoms with Crippen molar-refractivity contribution < 1.29 is 8.42 Å². The van der Waals surface area contributed by atoms with E-state index in [0.29, 0.717) is 27.5 Å². The first-order chi connectivity index (χ1) is 12.9. The van der Waals surface area contributed by atoms with E-state index < -0.39 is 10.0 Å². The molecule has 0 saturated heterocycles. The Kier molecular flexibility index (Phi) is 4.78. The second-order valence-corrected chi connectivity index (χ2v) is 9.30. The molecule has 0 N–H and O–H groups in total. The summed E-state index contributed by atoms with van der Waals surface area (Å²) in [5.41, 5.74) is 3.29. The van der Waals surface area contributed by atoms with Gasteiger partial charge < -0.3 is 0 Å². The van der Waals surface area contributed by atoms with Gasteiger partial charge in [-0.1, -0.05) is 42.3 Å². The minimum atomic E-state index is -3.81. The molecule has 0 fully saturated rings. The number of hydrogen-bond donors (Lipinski definition) is 0. The van der Waals surface area contributed by atoms with Crippen LogP contribution in [0.4, 0.5) is 0 Å². The van der Waals surface area contributed by atoms with Gasteiger partial charge >= 0.3 is 0 Å². The number of nitrogens with zero attached hydrogens (tertiary/aromatic N) is 2. The van der Waals surface area contributed by atoms with Crippen molar-refractivity contribution in [2.75, 3.05) is 0 Å². The zero-order chi connectivity index (χ0) is 19.2. The first-order valence-corrected chi connectivity index (χ1v) is 11.0. The van der Waals surface area contributed by atoms with Crippen LogP contribution in [0.5, 0.6) is 0 Å². The summed E-state index contributed by atoms with van der Waals surface area (Å²) in [6, 6.07) is 11.6. The minimum absolute atomic E-state index is 0.153. The van der Waals surface area contributed by atoms with Crippen LogP contribution in [0.3, 0.4) is 0 Å². The summed E-state index contributed by atoms with van der Waals surface area (Å²) in [5, 5.41) is 0.712. The molecular weight excluding hydrogens is 403 g/mol. The van der Waals surface area contributed by atoms with Crippen molar-refractivity contribution in [3.05, 3.63) is 70.0 Å². The third-order valence-corrected chi connectivity index (χ3v) is 7.20. The Hall–Kier alpha value is -1.82. The van der Waals surface area contributed by atoms with Crippen LogP contribution in [-0.4, -0.2) is 17.4 Å². The Morgan fingerprint density at radius 2 is 1.96 bits per heavy atom. The summed E-state index contributed by atoms with van der Waals surface area (Å²) >= 11 is 12.1. The molecule has 0 spiro atoms. The third-order valence-electron chi connectivity index (χ3n) is 5.10. The molecule has 27 heavy (non-hydrogen) atoms. The van der Waals surface area contributed by atoms with Crippen LogP contribution >= 0.6 is 23.2 Å². The highest BCUT2D eigenvalue weighted by molar-refractivity contribution is 7.90. The zero-order valence-electron chi connectivity index (χ0n) is 14.7. The number of halogens is 2. The van der Waals surface area contributed by atoms with Gasteiger partial charge in [-0.3, -0.25) is 0 Å². The summed E-state index contributed by atoms with van der Waals surface area (Å²) in [5.74, 6) is 0.355. The number of benzene rings is 1. The molecular formula is C20H18Cl2N2O2S. The topological polar surface area (TPSA) is 52.0 Å². The van der Waals surface area contributed by atoms with Crippen LogP contribution in [0.1, 0.15) is 36.8 Å². The Labute approximate surface area is 168 Å². The smallest absolute Gasteiger partial charge is 0.239 e. The van der Waals surface area contributed by atoms with Crippen molar-refractivity contribution in [3.63, 3.8) is 0 Å². The van der Waals surface area contributed by atoms with Gasteiger partial charge in [-0.25, -0.2) is 17.4 Å². The molecule has 0 aliphatic heterocycles. The van der Waals surface area contributed by atoms with Gasteiger partial charge in [0.2, 0.25) is 0 Å². The second-order valence-electron chi connectivity index (χ2n) is 6.66. The molecule has 4 rings (SSSR count). The number of pyridine rings is 1. The van der Waals surface area contributed by atoms with E-state index in [0.717, 1.165) is 30.4 Å². The quantitative estimate of drug-likeness (QED) is 0.521. The van der Waals surface area contributed by atoms with Gasteiger partial charge in [-0.15, -0.1) is 0 Å². The average molecular weight is 421 g/mol. The molecule has 0 bridgehead atoms. The molecule has 4 nitrogen and oxygen atoms in total. The van der Waals surface area contributed by atoms with E-state index in [9.17, 15) is 8.42 Å². The molecule has 0 saturated carbocycles. The molecule has 0 radical (unpaired) electrons. The Balaban J connectivity index is 1.98. The van der Waals surface area contributed by atoms with E-state index in [1.807, 2.05) is 0 Å². The van der Waals surface area contributed by atoms with Gasteiger partial charge in [0.05, 0.1) is 16.3 Å². The maximum absolute atomic E-state index is 13.4. The van der Waals surface area contributed by atoms with Crippen LogP contribution in [0.2, 0.25) is 10.2 Å². The Morgan fingerprint density at radius 1 is 1.19 bits per heavy atom. The van der Waals surface area contributed by atoms with Gasteiger partial charge in [0.15, 0.2) is 0 Å². The summed E-state index contributed by atoms with van der Waals surface area (Å²) in [4.78, 5) is 4.54. The fourth-order valence-corrected chi connectivity index (χ4v) is 5.66. The van der Waals surface area contributed by atoms with Crippen LogP contribution in [0.15, 0.2) is 53.6 Å². The van der Waals surface area contributed by atoms with E-state index >= 15 is 0 Å². The molecule has 1 unspecified atom stereocenters. The summed E-state index contributed by atoms with van der Waals surface area (Å²) in [6.07, 6.45) is 4.57. The lowest BCUT2D eigenvalue weighted by molar-refractivity contribution is 0.586. The molecule has 2 aromatic heterocycles. The van der Waals surface area contributed by atoms with E-state index in [2.05, 4.69) is 11.9 Å². The number of aromatic nitrogens is 2. The van der Waals surface area contributed by atoms with Crippen molar-refractivity contribution in [2.45, 2.75) is 37.0 Å². The van der Waals surface area contributed by atoms with Gasteiger partial charge in [-0.05, 0) is 66.6 Å². The van der Waals surface area contributed by atoms with Crippen molar-refractivity contribution >= 4 is 33.2 Å². The predicted octanol–water partition coefficient (Wildman–Crippen LogP) is 5.53. The van der Waals surface area contributed by atoms with Crippen molar-refractivity contribution in [3.8, 4) is 11.4 Å². The molecule has 1 aliphatic carbocycles. The fraction of sp³-hybridized carbons (Fsp3) is 0.250. The Morgan fingerprint density at radius 3 is 2.67 bits per heavy atom. The summed E-state index contributed by atoms with van der Waals surface area (Å²) < 4.78 is 28.2. The largest absolute Gasteiger partial charge is 0.268 e. The van der Waals surface area contributed by atoms with Crippen LogP contribution in [0, 0.1) is 0 Å². The molecule has 1 atom stereocenters. The fourth-order valence-electron chi connectivity index (χ4n) is 3.79. The SMILES string of the molecule is CCC1CCc2c1cn(S(=O)(=O)c1cccc(Cl)c1)c2-c1cccc(Cl)n1. The maximum Gasteiger partial charge on any atom is 0.268 e. The first kappa shape index (κ1) is 18.5. The summed E-state index contributed by atoms with van der Waals surface area (Å²) in [7, 11) is -3.81. The maximum atomic E-state index is 13.4. The highest BCUT2D eigenvalue weighted by Crippen LogP contribution is 2.43. The van der Waals surface area contributed by atoms with E-state index in [1.165, 1.54) is 10.0 Å². The van der Waals surface area contributed by atoms with E-state index in [4.69, 9.17) is 23.2 Å². The van der Waals surface area contributed by atoms with E-state index in [-0.39, 0.29) is 4.90 Å². The summed E-state index contributed by atoms with van der Waals surface area (Å²) in [6.45, 7) is 2.12. The molecule has 7 heteroatoms. The highest BCUT2D eigenvalue weighted by Gasteiger charge is 2.32. The average Bonchev–Trinajstić information content (AvgIpc) is 3.20. The molecule has 1 aliphatic rings. The van der Waals surface area contributed by atoms with Crippen molar-refractivity contribution in [2.24, 2.45) is 0 Å². The van der Waals surface area contributed by atoms with Gasteiger partial charge in [0, 0.05) is 11.2 Å². The van der Waals surface area contributed by atoms with Crippen LogP contribution in [0.25, 0.3) is 11.4 Å². The van der Waals surface area contributed by atoms with Gasteiger partial charge in [-0.2, -0.15) is 0 Å². The lowest BCUT2D eigenvalue weighted by Gasteiger charge is -2.13. The standard InChI is InChI=1S/C20H18Cl2N2O2S/c1-2-13-9-10-16-17(13)12-24(20(16)18-7-4-8-19(22)23-18)27(25,26)15-6-3-5-14(21)11-15/h3-8,11-13H,2,9-10H2,1H3. The molecule has 3 aromatic rings. The monoisotopic (exact) mass is 420 g/mol. The van der Waals surface area contributed by atoms with Crippen molar-refractivity contribution in [1.29, 1.82) is 0 Å². The normalized spacial score (nSPS) is 16.5. The second kappa shape index (κ2) is 6.97. The van der Waals surface area contributed by atoms with Crippen molar-refractivity contribution in [1.82, 2.24) is 8.96 Å².